The zero-order chi connectivity index (χ0) is 17.8. The lowest BCUT2D eigenvalue weighted by Crippen LogP contribution is -2.14. The van der Waals surface area contributed by atoms with Crippen LogP contribution in [0.2, 0.25) is 0 Å². The number of hydrogen-bond acceptors (Lipinski definition) is 7. The Hall–Kier alpha value is -3.49. The number of rotatable bonds is 6. The summed E-state index contributed by atoms with van der Waals surface area (Å²) < 4.78 is 12.0. The number of ether oxygens (including phenoxy) is 2. The summed E-state index contributed by atoms with van der Waals surface area (Å²) in [6.45, 7) is -0.194. The number of carbonyl (C=O) groups is 1. The Balaban J connectivity index is 1.50. The second-order valence-corrected chi connectivity index (χ2v) is 5.24. The molecule has 0 radical (unpaired) electrons. The number of hydrogen-bond donors (Lipinski definition) is 0. The number of nitro benzene ring substituents is 1. The first-order valence-electron chi connectivity index (χ1n) is 7.34. The van der Waals surface area contributed by atoms with E-state index >= 15 is 0 Å². The van der Waals surface area contributed by atoms with Crippen LogP contribution in [0, 0.1) is 10.1 Å². The van der Waals surface area contributed by atoms with Gasteiger partial charge in [-0.2, -0.15) is 0 Å². The first-order chi connectivity index (χ1) is 12.0. The van der Waals surface area contributed by atoms with E-state index in [-0.39, 0.29) is 18.9 Å². The molecule has 0 saturated carbocycles. The zero-order valence-electron chi connectivity index (χ0n) is 13.3. The van der Waals surface area contributed by atoms with E-state index < -0.39 is 10.9 Å². The molecule has 0 aliphatic heterocycles. The van der Waals surface area contributed by atoms with Gasteiger partial charge in [0, 0.05) is 19.2 Å². The SMILES string of the molecule is Cn1nnc2cc(COC(=O)COc3ccc([N+](=O)[O-])cc3)ccc21. The van der Waals surface area contributed by atoms with Gasteiger partial charge in [0.25, 0.3) is 5.69 Å². The van der Waals surface area contributed by atoms with Gasteiger partial charge < -0.3 is 9.47 Å². The third-order valence-corrected chi connectivity index (χ3v) is 3.48. The minimum absolute atomic E-state index is 0.0469. The lowest BCUT2D eigenvalue weighted by molar-refractivity contribution is -0.384. The van der Waals surface area contributed by atoms with Crippen molar-refractivity contribution in [2.75, 3.05) is 6.61 Å². The van der Waals surface area contributed by atoms with Gasteiger partial charge in [-0.05, 0) is 29.8 Å². The molecule has 1 aromatic heterocycles. The van der Waals surface area contributed by atoms with Crippen LogP contribution in [-0.2, 0) is 23.2 Å². The lowest BCUT2D eigenvalue weighted by atomic mass is 10.2. The summed E-state index contributed by atoms with van der Waals surface area (Å²) in [5.41, 5.74) is 2.35. The molecule has 9 nitrogen and oxygen atoms in total. The smallest absolute Gasteiger partial charge is 0.344 e. The highest BCUT2D eigenvalue weighted by molar-refractivity contribution is 5.75. The van der Waals surface area contributed by atoms with Gasteiger partial charge in [0.05, 0.1) is 10.4 Å². The fourth-order valence-electron chi connectivity index (χ4n) is 2.19. The lowest BCUT2D eigenvalue weighted by Gasteiger charge is -2.07. The summed E-state index contributed by atoms with van der Waals surface area (Å²) in [6.07, 6.45) is 0. The number of non-ortho nitro benzene ring substituents is 1. The van der Waals surface area contributed by atoms with E-state index in [1.807, 2.05) is 12.1 Å². The number of aromatic nitrogens is 3. The van der Waals surface area contributed by atoms with Crippen LogP contribution in [0.15, 0.2) is 42.5 Å². The molecule has 3 rings (SSSR count). The number of nitro groups is 1. The molecule has 0 saturated heterocycles. The summed E-state index contributed by atoms with van der Waals surface area (Å²) in [7, 11) is 1.80. The molecule has 0 spiro atoms. The second-order valence-electron chi connectivity index (χ2n) is 5.24. The Labute approximate surface area is 141 Å². The highest BCUT2D eigenvalue weighted by Crippen LogP contribution is 2.17. The summed E-state index contributed by atoms with van der Waals surface area (Å²) in [4.78, 5) is 21.8. The molecule has 0 aliphatic rings. The molecule has 1 heterocycles. The minimum atomic E-state index is -0.544. The Morgan fingerprint density at radius 1 is 1.24 bits per heavy atom. The molecule has 0 bridgehead atoms. The quantitative estimate of drug-likeness (QED) is 0.383. The molecule has 0 atom stereocenters. The third kappa shape index (κ3) is 3.89. The Kier molecular flexibility index (Phi) is 4.55. The molecule has 0 aliphatic carbocycles. The highest BCUT2D eigenvalue weighted by atomic mass is 16.6. The molecule has 3 aromatic rings. The monoisotopic (exact) mass is 342 g/mol. The van der Waals surface area contributed by atoms with Gasteiger partial charge >= 0.3 is 5.97 Å². The summed E-state index contributed by atoms with van der Waals surface area (Å²) in [5.74, 6) is -0.193. The van der Waals surface area contributed by atoms with Crippen molar-refractivity contribution in [3.05, 3.63) is 58.1 Å². The second kappa shape index (κ2) is 6.95. The van der Waals surface area contributed by atoms with Gasteiger partial charge in [0.1, 0.15) is 17.9 Å². The van der Waals surface area contributed by atoms with Crippen LogP contribution in [0.3, 0.4) is 0 Å². The van der Waals surface area contributed by atoms with Crippen LogP contribution < -0.4 is 4.74 Å². The van der Waals surface area contributed by atoms with Gasteiger partial charge in [0.15, 0.2) is 6.61 Å². The van der Waals surface area contributed by atoms with E-state index in [0.29, 0.717) is 5.75 Å². The normalized spacial score (nSPS) is 10.6. The van der Waals surface area contributed by atoms with Crippen molar-refractivity contribution in [1.29, 1.82) is 0 Å². The van der Waals surface area contributed by atoms with Crippen molar-refractivity contribution in [2.45, 2.75) is 6.61 Å². The van der Waals surface area contributed by atoms with E-state index in [2.05, 4.69) is 10.3 Å². The van der Waals surface area contributed by atoms with E-state index in [1.165, 1.54) is 24.3 Å². The van der Waals surface area contributed by atoms with Crippen molar-refractivity contribution < 1.29 is 19.2 Å². The van der Waals surface area contributed by atoms with Crippen molar-refractivity contribution in [2.24, 2.45) is 7.05 Å². The van der Waals surface area contributed by atoms with Crippen molar-refractivity contribution in [1.82, 2.24) is 15.0 Å². The Morgan fingerprint density at radius 3 is 2.72 bits per heavy atom. The highest BCUT2D eigenvalue weighted by Gasteiger charge is 2.09. The summed E-state index contributed by atoms with van der Waals surface area (Å²) in [6, 6.07) is 10.9. The topological polar surface area (TPSA) is 109 Å². The van der Waals surface area contributed by atoms with Crippen molar-refractivity contribution >= 4 is 22.7 Å². The number of fused-ring (bicyclic) bond motifs is 1. The maximum atomic E-state index is 11.7. The number of nitrogens with zero attached hydrogens (tertiary/aromatic N) is 4. The molecule has 0 amide bonds. The molecule has 0 N–H and O–H groups in total. The van der Waals surface area contributed by atoms with Gasteiger partial charge in [-0.3, -0.25) is 10.1 Å². The van der Waals surface area contributed by atoms with Crippen LogP contribution in [0.4, 0.5) is 5.69 Å². The Bertz CT molecular complexity index is 920. The number of carbonyl (C=O) groups excluding carboxylic acids is 1. The predicted molar refractivity (Wildman–Crippen MR) is 86.9 cm³/mol. The van der Waals surface area contributed by atoms with Gasteiger partial charge in [0.2, 0.25) is 0 Å². The molecular weight excluding hydrogens is 328 g/mol. The molecule has 25 heavy (non-hydrogen) atoms. The summed E-state index contributed by atoms with van der Waals surface area (Å²) >= 11 is 0. The minimum Gasteiger partial charge on any atom is -0.482 e. The first-order valence-corrected chi connectivity index (χ1v) is 7.34. The van der Waals surface area contributed by atoms with Crippen LogP contribution in [0.25, 0.3) is 11.0 Å². The average Bonchev–Trinajstić information content (AvgIpc) is 2.99. The van der Waals surface area contributed by atoms with Crippen LogP contribution >= 0.6 is 0 Å². The van der Waals surface area contributed by atoms with E-state index in [9.17, 15) is 14.9 Å². The van der Waals surface area contributed by atoms with E-state index in [1.54, 1.807) is 17.8 Å². The molecule has 0 unspecified atom stereocenters. The molecular formula is C16H14N4O5. The fourth-order valence-corrected chi connectivity index (χ4v) is 2.19. The van der Waals surface area contributed by atoms with Crippen molar-refractivity contribution in [3.63, 3.8) is 0 Å². The standard InChI is InChI=1S/C16H14N4O5/c1-19-15-7-2-11(8-14(15)17-18-19)9-25-16(21)10-24-13-5-3-12(4-6-13)20(22)23/h2-8H,9-10H2,1H3. The molecule has 0 fully saturated rings. The largest absolute Gasteiger partial charge is 0.482 e. The first kappa shape index (κ1) is 16.4. The van der Waals surface area contributed by atoms with Gasteiger partial charge in [-0.1, -0.05) is 11.3 Å². The molecule has 2 aromatic carbocycles. The van der Waals surface area contributed by atoms with Crippen LogP contribution in [-0.4, -0.2) is 32.5 Å². The average molecular weight is 342 g/mol. The van der Waals surface area contributed by atoms with Crippen LogP contribution in [0.5, 0.6) is 5.75 Å². The van der Waals surface area contributed by atoms with Gasteiger partial charge in [-0.25, -0.2) is 9.48 Å². The zero-order valence-corrected chi connectivity index (χ0v) is 13.3. The predicted octanol–water partition coefficient (Wildman–Crippen LogP) is 2.00. The summed E-state index contributed by atoms with van der Waals surface area (Å²) in [5, 5.41) is 18.5. The van der Waals surface area contributed by atoms with Gasteiger partial charge in [-0.15, -0.1) is 5.10 Å². The van der Waals surface area contributed by atoms with Crippen molar-refractivity contribution in [3.8, 4) is 5.75 Å². The Morgan fingerprint density at radius 2 is 2.00 bits per heavy atom. The number of benzene rings is 2. The van der Waals surface area contributed by atoms with E-state index in [0.717, 1.165) is 16.6 Å². The van der Waals surface area contributed by atoms with E-state index in [4.69, 9.17) is 9.47 Å². The van der Waals surface area contributed by atoms with Crippen LogP contribution in [0.1, 0.15) is 5.56 Å². The maximum Gasteiger partial charge on any atom is 0.344 e. The maximum absolute atomic E-state index is 11.7. The number of esters is 1. The fraction of sp³-hybridized carbons (Fsp3) is 0.188. The molecule has 9 heteroatoms. The third-order valence-electron chi connectivity index (χ3n) is 3.48. The molecule has 128 valence electrons. The number of aryl methyl sites for hydroxylation is 1.